The molecule has 1 aromatic carbocycles. The first-order valence-corrected chi connectivity index (χ1v) is 6.64. The Morgan fingerprint density at radius 3 is 2.76 bits per heavy atom. The molecule has 1 atom stereocenters. The second-order valence-corrected chi connectivity index (χ2v) is 4.84. The van der Waals surface area contributed by atoms with E-state index in [1.165, 1.54) is 0 Å². The molecule has 0 aliphatic carbocycles. The predicted molar refractivity (Wildman–Crippen MR) is 74.1 cm³/mol. The van der Waals surface area contributed by atoms with Crippen LogP contribution in [0.1, 0.15) is 19.4 Å². The summed E-state index contributed by atoms with van der Waals surface area (Å²) in [5.74, 6) is 0. The minimum atomic E-state index is 0.362. The van der Waals surface area contributed by atoms with E-state index < -0.39 is 0 Å². The molecule has 1 unspecified atom stereocenters. The monoisotopic (exact) mass is 275 g/mol. The van der Waals surface area contributed by atoms with E-state index in [1.54, 1.807) is 6.07 Å². The SMILES string of the molecule is CCOCC(C)NCCc1ccc(Cl)cc1Cl. The summed E-state index contributed by atoms with van der Waals surface area (Å²) in [6.45, 7) is 6.49. The maximum Gasteiger partial charge on any atom is 0.0616 e. The van der Waals surface area contributed by atoms with Crippen molar-refractivity contribution in [3.8, 4) is 0 Å². The molecule has 0 amide bonds. The van der Waals surface area contributed by atoms with E-state index in [4.69, 9.17) is 27.9 Å². The zero-order chi connectivity index (χ0) is 12.7. The lowest BCUT2D eigenvalue weighted by Gasteiger charge is -2.13. The van der Waals surface area contributed by atoms with Crippen molar-refractivity contribution in [1.29, 1.82) is 0 Å². The highest BCUT2D eigenvalue weighted by Crippen LogP contribution is 2.20. The smallest absolute Gasteiger partial charge is 0.0616 e. The molecule has 0 bridgehead atoms. The van der Waals surface area contributed by atoms with Crippen LogP contribution in [0, 0.1) is 0 Å². The van der Waals surface area contributed by atoms with Gasteiger partial charge >= 0.3 is 0 Å². The summed E-state index contributed by atoms with van der Waals surface area (Å²) in [4.78, 5) is 0. The fourth-order valence-corrected chi connectivity index (χ4v) is 2.03. The van der Waals surface area contributed by atoms with Gasteiger partial charge in [0.1, 0.15) is 0 Å². The number of ether oxygens (including phenoxy) is 1. The van der Waals surface area contributed by atoms with E-state index in [9.17, 15) is 0 Å². The van der Waals surface area contributed by atoms with E-state index in [1.807, 2.05) is 19.1 Å². The normalized spacial score (nSPS) is 12.7. The predicted octanol–water partition coefficient (Wildman–Crippen LogP) is 3.55. The second kappa shape index (κ2) is 7.93. The molecule has 4 heteroatoms. The maximum absolute atomic E-state index is 6.09. The topological polar surface area (TPSA) is 21.3 Å². The number of benzene rings is 1. The molecule has 1 N–H and O–H groups in total. The lowest BCUT2D eigenvalue weighted by molar-refractivity contribution is 0.127. The van der Waals surface area contributed by atoms with Gasteiger partial charge in [-0.25, -0.2) is 0 Å². The highest BCUT2D eigenvalue weighted by Gasteiger charge is 2.03. The molecule has 0 radical (unpaired) electrons. The Bertz CT molecular complexity index is 344. The number of hydrogen-bond acceptors (Lipinski definition) is 2. The molecule has 0 heterocycles. The first kappa shape index (κ1) is 14.8. The Labute approximate surface area is 113 Å². The van der Waals surface area contributed by atoms with Crippen LogP contribution in [0.2, 0.25) is 10.0 Å². The van der Waals surface area contributed by atoms with Crippen LogP contribution in [-0.4, -0.2) is 25.8 Å². The van der Waals surface area contributed by atoms with Crippen LogP contribution in [0.15, 0.2) is 18.2 Å². The van der Waals surface area contributed by atoms with Crippen molar-refractivity contribution < 1.29 is 4.74 Å². The summed E-state index contributed by atoms with van der Waals surface area (Å²) in [6.07, 6.45) is 0.895. The molecule has 0 spiro atoms. The third-order valence-corrected chi connectivity index (χ3v) is 3.06. The molecule has 96 valence electrons. The van der Waals surface area contributed by atoms with Crippen LogP contribution in [-0.2, 0) is 11.2 Å². The first-order chi connectivity index (χ1) is 8.13. The van der Waals surface area contributed by atoms with Gasteiger partial charge in [-0.05, 0) is 44.5 Å². The Morgan fingerprint density at radius 2 is 2.12 bits per heavy atom. The van der Waals surface area contributed by atoms with Gasteiger partial charge in [0.2, 0.25) is 0 Å². The molecular weight excluding hydrogens is 257 g/mol. The van der Waals surface area contributed by atoms with Crippen LogP contribution in [0.4, 0.5) is 0 Å². The van der Waals surface area contributed by atoms with Gasteiger partial charge in [-0.15, -0.1) is 0 Å². The Morgan fingerprint density at radius 1 is 1.35 bits per heavy atom. The molecule has 1 aromatic rings. The molecule has 0 aliphatic rings. The van der Waals surface area contributed by atoms with E-state index in [0.717, 1.165) is 36.8 Å². The van der Waals surface area contributed by atoms with Gasteiger partial charge in [0.15, 0.2) is 0 Å². The molecule has 2 nitrogen and oxygen atoms in total. The molecule has 0 aromatic heterocycles. The van der Waals surface area contributed by atoms with Crippen LogP contribution >= 0.6 is 23.2 Å². The van der Waals surface area contributed by atoms with Crippen molar-refractivity contribution in [3.63, 3.8) is 0 Å². The minimum Gasteiger partial charge on any atom is -0.380 e. The molecule has 17 heavy (non-hydrogen) atoms. The van der Waals surface area contributed by atoms with Gasteiger partial charge in [-0.1, -0.05) is 29.3 Å². The fraction of sp³-hybridized carbons (Fsp3) is 0.538. The van der Waals surface area contributed by atoms with Crippen molar-refractivity contribution in [2.24, 2.45) is 0 Å². The molecule has 0 saturated carbocycles. The summed E-state index contributed by atoms with van der Waals surface area (Å²) in [7, 11) is 0. The number of hydrogen-bond donors (Lipinski definition) is 1. The third-order valence-electron chi connectivity index (χ3n) is 2.47. The van der Waals surface area contributed by atoms with Gasteiger partial charge in [0.25, 0.3) is 0 Å². The van der Waals surface area contributed by atoms with Crippen LogP contribution in [0.25, 0.3) is 0 Å². The van der Waals surface area contributed by atoms with Gasteiger partial charge < -0.3 is 10.1 Å². The van der Waals surface area contributed by atoms with E-state index in [0.29, 0.717) is 11.1 Å². The quantitative estimate of drug-likeness (QED) is 0.822. The summed E-state index contributed by atoms with van der Waals surface area (Å²) >= 11 is 11.9. The average Bonchev–Trinajstić information content (AvgIpc) is 2.29. The molecule has 0 saturated heterocycles. The highest BCUT2D eigenvalue weighted by atomic mass is 35.5. The number of rotatable bonds is 7. The van der Waals surface area contributed by atoms with Gasteiger partial charge in [-0.2, -0.15) is 0 Å². The van der Waals surface area contributed by atoms with E-state index in [-0.39, 0.29) is 0 Å². The molecular formula is C13H19Cl2NO. The van der Waals surface area contributed by atoms with Gasteiger partial charge in [-0.3, -0.25) is 0 Å². The lowest BCUT2D eigenvalue weighted by atomic mass is 10.1. The highest BCUT2D eigenvalue weighted by molar-refractivity contribution is 6.35. The van der Waals surface area contributed by atoms with Gasteiger partial charge in [0, 0.05) is 22.7 Å². The van der Waals surface area contributed by atoms with Crippen molar-refractivity contribution in [2.75, 3.05) is 19.8 Å². The largest absolute Gasteiger partial charge is 0.380 e. The summed E-state index contributed by atoms with van der Waals surface area (Å²) in [6, 6.07) is 5.98. The number of halogens is 2. The van der Waals surface area contributed by atoms with Gasteiger partial charge in [0.05, 0.1) is 6.61 Å². The lowest BCUT2D eigenvalue weighted by Crippen LogP contribution is -2.32. The van der Waals surface area contributed by atoms with Crippen molar-refractivity contribution in [1.82, 2.24) is 5.32 Å². The van der Waals surface area contributed by atoms with Crippen molar-refractivity contribution >= 4 is 23.2 Å². The number of nitrogens with one attached hydrogen (secondary N) is 1. The third kappa shape index (κ3) is 5.73. The van der Waals surface area contributed by atoms with E-state index >= 15 is 0 Å². The van der Waals surface area contributed by atoms with Crippen LogP contribution in [0.3, 0.4) is 0 Å². The zero-order valence-corrected chi connectivity index (χ0v) is 11.8. The average molecular weight is 276 g/mol. The summed E-state index contributed by atoms with van der Waals surface area (Å²) in [5, 5.41) is 4.80. The minimum absolute atomic E-state index is 0.362. The molecule has 0 fully saturated rings. The van der Waals surface area contributed by atoms with Crippen molar-refractivity contribution in [2.45, 2.75) is 26.3 Å². The van der Waals surface area contributed by atoms with Crippen molar-refractivity contribution in [3.05, 3.63) is 33.8 Å². The fourth-order valence-electron chi connectivity index (χ4n) is 1.53. The standard InChI is InChI=1S/C13H19Cl2NO/c1-3-17-9-10(2)16-7-6-11-4-5-12(14)8-13(11)15/h4-5,8,10,16H,3,6-7,9H2,1-2H3. The Kier molecular flexibility index (Phi) is 6.90. The second-order valence-electron chi connectivity index (χ2n) is 4.00. The molecule has 0 aliphatic heterocycles. The molecule has 1 rings (SSSR count). The summed E-state index contributed by atoms with van der Waals surface area (Å²) in [5.41, 5.74) is 1.12. The zero-order valence-electron chi connectivity index (χ0n) is 10.3. The first-order valence-electron chi connectivity index (χ1n) is 5.88. The van der Waals surface area contributed by atoms with Crippen LogP contribution < -0.4 is 5.32 Å². The maximum atomic E-state index is 6.09. The Balaban J connectivity index is 2.30. The summed E-state index contributed by atoms with van der Waals surface area (Å²) < 4.78 is 5.33. The Hall–Kier alpha value is -0.280. The van der Waals surface area contributed by atoms with E-state index in [2.05, 4.69) is 12.2 Å². The van der Waals surface area contributed by atoms with Crippen LogP contribution in [0.5, 0.6) is 0 Å².